The maximum Gasteiger partial charge on any atom is 0.275 e. The first-order chi connectivity index (χ1) is 15.6. The molecule has 32 heavy (non-hydrogen) atoms. The van der Waals surface area contributed by atoms with Crippen LogP contribution in [0.2, 0.25) is 0 Å². The van der Waals surface area contributed by atoms with E-state index >= 15 is 0 Å². The molecule has 0 saturated heterocycles. The van der Waals surface area contributed by atoms with E-state index in [0.717, 1.165) is 18.4 Å². The van der Waals surface area contributed by atoms with Gasteiger partial charge in [-0.2, -0.15) is 10.2 Å². The van der Waals surface area contributed by atoms with Crippen molar-refractivity contribution in [3.63, 3.8) is 0 Å². The van der Waals surface area contributed by atoms with Gasteiger partial charge < -0.3 is 10.1 Å². The van der Waals surface area contributed by atoms with Crippen LogP contribution < -0.4 is 5.32 Å². The van der Waals surface area contributed by atoms with E-state index in [1.807, 2.05) is 6.92 Å². The van der Waals surface area contributed by atoms with Crippen LogP contribution >= 0.6 is 11.3 Å². The number of ether oxygens (including phenoxy) is 1. The molecule has 5 rings (SSSR count). The summed E-state index contributed by atoms with van der Waals surface area (Å²) in [5.41, 5.74) is 1.80. The molecule has 0 aromatic carbocycles. The van der Waals surface area contributed by atoms with Gasteiger partial charge in [-0.05, 0) is 31.9 Å². The van der Waals surface area contributed by atoms with Crippen LogP contribution in [0.15, 0.2) is 42.3 Å². The molecule has 1 fully saturated rings. The predicted octanol–water partition coefficient (Wildman–Crippen LogP) is 3.92. The number of carbonyl (C=O) groups is 1. The zero-order valence-corrected chi connectivity index (χ0v) is 18.0. The second kappa shape index (κ2) is 8.60. The monoisotopic (exact) mass is 453 g/mol. The third-order valence-corrected chi connectivity index (χ3v) is 6.18. The van der Waals surface area contributed by atoms with Gasteiger partial charge in [0.2, 0.25) is 0 Å². The molecule has 11 heteroatoms. The van der Waals surface area contributed by atoms with Crippen LogP contribution in [0.4, 0.5) is 10.1 Å². The number of hydrogen-bond acceptors (Lipinski definition) is 7. The van der Waals surface area contributed by atoms with E-state index in [1.165, 1.54) is 29.7 Å². The number of hydrogen-bond donors (Lipinski definition) is 2. The summed E-state index contributed by atoms with van der Waals surface area (Å²) >= 11 is 1.34. The van der Waals surface area contributed by atoms with Gasteiger partial charge in [-0.25, -0.2) is 9.37 Å². The highest BCUT2D eigenvalue weighted by molar-refractivity contribution is 7.13. The molecule has 0 unspecified atom stereocenters. The number of pyridine rings is 1. The number of carbonyl (C=O) groups excluding carboxylic acids is 1. The number of thiazole rings is 1. The molecule has 0 bridgehead atoms. The fraction of sp³-hybridized carbons (Fsp3) is 0.286. The van der Waals surface area contributed by atoms with E-state index in [4.69, 9.17) is 4.74 Å². The molecule has 0 atom stereocenters. The van der Waals surface area contributed by atoms with Gasteiger partial charge in [0, 0.05) is 36.1 Å². The number of amides is 1. The number of halogens is 1. The summed E-state index contributed by atoms with van der Waals surface area (Å²) in [6.07, 6.45) is 8.38. The van der Waals surface area contributed by atoms with Crippen molar-refractivity contribution in [2.45, 2.75) is 31.9 Å². The van der Waals surface area contributed by atoms with Crippen molar-refractivity contribution in [1.82, 2.24) is 29.9 Å². The van der Waals surface area contributed by atoms with Crippen LogP contribution in [0.1, 0.15) is 36.3 Å². The first kappa shape index (κ1) is 20.5. The molecule has 1 aliphatic carbocycles. The number of nitrogens with zero attached hydrogens (tertiary/aromatic N) is 5. The SMILES string of the molecule is CCO[C@H]1C[C@H](n2cc(NC(=O)c3csc(-c4cn[nH]c4)n3)c(-c3ncccc3F)n2)C1. The Bertz CT molecular complexity index is 1230. The summed E-state index contributed by atoms with van der Waals surface area (Å²) in [5.74, 6) is -0.918. The highest BCUT2D eigenvalue weighted by Gasteiger charge is 2.33. The van der Waals surface area contributed by atoms with Crippen LogP contribution in [-0.2, 0) is 4.74 Å². The minimum Gasteiger partial charge on any atom is -0.378 e. The Hall–Kier alpha value is -3.44. The summed E-state index contributed by atoms with van der Waals surface area (Å²) in [7, 11) is 0. The molecule has 4 aromatic heterocycles. The lowest BCUT2D eigenvalue weighted by atomic mass is 9.89. The predicted molar refractivity (Wildman–Crippen MR) is 117 cm³/mol. The maximum absolute atomic E-state index is 14.5. The molecule has 1 aliphatic rings. The largest absolute Gasteiger partial charge is 0.378 e. The molecule has 0 radical (unpaired) electrons. The summed E-state index contributed by atoms with van der Waals surface area (Å²) in [5, 5.41) is 16.4. The smallest absolute Gasteiger partial charge is 0.275 e. The lowest BCUT2D eigenvalue weighted by molar-refractivity contribution is -0.0226. The average molecular weight is 454 g/mol. The van der Waals surface area contributed by atoms with Crippen LogP contribution in [-0.4, -0.2) is 48.6 Å². The van der Waals surface area contributed by atoms with Gasteiger partial charge in [0.25, 0.3) is 5.91 Å². The third kappa shape index (κ3) is 3.92. The zero-order chi connectivity index (χ0) is 22.1. The number of anilines is 1. The Morgan fingerprint density at radius 1 is 1.41 bits per heavy atom. The van der Waals surface area contributed by atoms with Gasteiger partial charge in [-0.3, -0.25) is 19.6 Å². The molecule has 1 saturated carbocycles. The van der Waals surface area contributed by atoms with E-state index in [9.17, 15) is 9.18 Å². The summed E-state index contributed by atoms with van der Waals surface area (Å²) in [6.45, 7) is 2.63. The third-order valence-electron chi connectivity index (χ3n) is 5.29. The van der Waals surface area contributed by atoms with Gasteiger partial charge in [-0.15, -0.1) is 11.3 Å². The second-order valence-corrected chi connectivity index (χ2v) is 8.24. The van der Waals surface area contributed by atoms with Crippen molar-refractivity contribution in [1.29, 1.82) is 0 Å². The summed E-state index contributed by atoms with van der Waals surface area (Å²) in [6, 6.07) is 2.95. The minimum atomic E-state index is -0.509. The van der Waals surface area contributed by atoms with Crippen LogP contribution in [0.3, 0.4) is 0 Å². The van der Waals surface area contributed by atoms with Crippen molar-refractivity contribution < 1.29 is 13.9 Å². The summed E-state index contributed by atoms with van der Waals surface area (Å²) in [4.78, 5) is 21.4. The molecule has 1 amide bonds. The van der Waals surface area contributed by atoms with Gasteiger partial charge in [-0.1, -0.05) is 0 Å². The van der Waals surface area contributed by atoms with E-state index in [1.54, 1.807) is 28.7 Å². The van der Waals surface area contributed by atoms with Crippen LogP contribution in [0.25, 0.3) is 22.0 Å². The normalized spacial score (nSPS) is 17.8. The average Bonchev–Trinajstić information content (AvgIpc) is 3.51. The van der Waals surface area contributed by atoms with E-state index in [2.05, 4.69) is 30.6 Å². The number of nitrogens with one attached hydrogen (secondary N) is 2. The molecular formula is C21H20FN7O2S. The first-order valence-corrected chi connectivity index (χ1v) is 11.1. The molecule has 2 N–H and O–H groups in total. The van der Waals surface area contributed by atoms with Crippen molar-refractivity contribution >= 4 is 22.9 Å². The molecule has 4 heterocycles. The molecular weight excluding hydrogens is 433 g/mol. The maximum atomic E-state index is 14.5. The standard InChI is InChI=1S/C21H20FN7O2S/c1-2-31-14-6-13(7-14)29-10-16(19(28-29)18-15(22)4-3-5-23-18)26-20(30)17-11-32-21(27-17)12-8-24-25-9-12/h3-5,8-11,13-14H,2,6-7H2,1H3,(H,24,25)(H,26,30)/t13-,14-. The molecule has 0 spiro atoms. The van der Waals surface area contributed by atoms with E-state index < -0.39 is 11.7 Å². The number of rotatable bonds is 7. The van der Waals surface area contributed by atoms with Gasteiger partial charge in [0.15, 0.2) is 5.82 Å². The molecule has 164 valence electrons. The van der Waals surface area contributed by atoms with Gasteiger partial charge >= 0.3 is 0 Å². The molecule has 0 aliphatic heterocycles. The zero-order valence-electron chi connectivity index (χ0n) is 17.2. The summed E-state index contributed by atoms with van der Waals surface area (Å²) < 4.78 is 21.9. The lowest BCUT2D eigenvalue weighted by Gasteiger charge is -2.34. The van der Waals surface area contributed by atoms with E-state index in [-0.39, 0.29) is 29.2 Å². The highest BCUT2D eigenvalue weighted by Crippen LogP contribution is 2.37. The Morgan fingerprint density at radius 2 is 2.28 bits per heavy atom. The topological polar surface area (TPSA) is 111 Å². The van der Waals surface area contributed by atoms with Crippen LogP contribution in [0.5, 0.6) is 0 Å². The highest BCUT2D eigenvalue weighted by atomic mass is 32.1. The van der Waals surface area contributed by atoms with Gasteiger partial charge in [0.05, 0.1) is 24.0 Å². The van der Waals surface area contributed by atoms with Crippen LogP contribution in [0, 0.1) is 5.82 Å². The Labute approximate surface area is 186 Å². The van der Waals surface area contributed by atoms with E-state index in [0.29, 0.717) is 17.3 Å². The first-order valence-electron chi connectivity index (χ1n) is 10.2. The van der Waals surface area contributed by atoms with Crippen molar-refractivity contribution in [2.24, 2.45) is 0 Å². The minimum absolute atomic E-state index is 0.0830. The molecule has 9 nitrogen and oxygen atoms in total. The number of aromatic nitrogens is 6. The number of aromatic amines is 1. The Balaban J connectivity index is 1.42. The molecule has 4 aromatic rings. The van der Waals surface area contributed by atoms with Gasteiger partial charge in [0.1, 0.15) is 22.1 Å². The second-order valence-electron chi connectivity index (χ2n) is 7.39. The van der Waals surface area contributed by atoms with Crippen molar-refractivity contribution in [3.8, 4) is 22.0 Å². The Morgan fingerprint density at radius 3 is 3.03 bits per heavy atom. The van der Waals surface area contributed by atoms with Crippen molar-refractivity contribution in [2.75, 3.05) is 11.9 Å². The Kier molecular flexibility index (Phi) is 5.50. The quantitative estimate of drug-likeness (QED) is 0.439. The lowest BCUT2D eigenvalue weighted by Crippen LogP contribution is -2.33. The fourth-order valence-electron chi connectivity index (χ4n) is 3.60. The fourth-order valence-corrected chi connectivity index (χ4v) is 4.38. The van der Waals surface area contributed by atoms with Crippen molar-refractivity contribution in [3.05, 3.63) is 53.8 Å². The number of H-pyrrole nitrogens is 1.